The molecule has 1 atom stereocenters. The maximum absolute atomic E-state index is 11.9. The van der Waals surface area contributed by atoms with Crippen molar-refractivity contribution in [3.63, 3.8) is 0 Å². The van der Waals surface area contributed by atoms with Crippen LogP contribution in [0.15, 0.2) is 17.5 Å². The molecule has 1 heterocycles. The normalized spacial score (nSPS) is 13.6. The number of sulfonamides is 1. The van der Waals surface area contributed by atoms with Gasteiger partial charge in [-0.05, 0) is 50.7 Å². The Hall–Kier alpha value is -0.430. The molecule has 0 spiro atoms. The molecule has 0 aliphatic heterocycles. The van der Waals surface area contributed by atoms with E-state index < -0.39 is 10.0 Å². The van der Waals surface area contributed by atoms with Crippen molar-refractivity contribution in [2.75, 3.05) is 18.8 Å². The number of hydrogen-bond donors (Lipinski definition) is 2. The Morgan fingerprint density at radius 3 is 2.79 bits per heavy atom. The Kier molecular flexibility index (Phi) is 7.60. The third kappa shape index (κ3) is 7.67. The SMILES string of the molecule is CCNCCCCS(=O)(=O)NC(C)Cc1cccs1. The van der Waals surface area contributed by atoms with Crippen molar-refractivity contribution in [2.45, 2.75) is 39.2 Å². The molecule has 0 saturated heterocycles. The summed E-state index contributed by atoms with van der Waals surface area (Å²) in [6, 6.07) is 3.98. The largest absolute Gasteiger partial charge is 0.317 e. The van der Waals surface area contributed by atoms with Gasteiger partial charge in [-0.1, -0.05) is 13.0 Å². The van der Waals surface area contributed by atoms with Gasteiger partial charge in [0.2, 0.25) is 10.0 Å². The van der Waals surface area contributed by atoms with E-state index in [1.807, 2.05) is 31.4 Å². The number of rotatable bonds is 10. The molecule has 1 aromatic rings. The summed E-state index contributed by atoms with van der Waals surface area (Å²) in [5.41, 5.74) is 0. The van der Waals surface area contributed by atoms with Crippen LogP contribution in [0.2, 0.25) is 0 Å². The van der Waals surface area contributed by atoms with Crippen molar-refractivity contribution in [3.8, 4) is 0 Å². The molecule has 1 rings (SSSR count). The van der Waals surface area contributed by atoms with Crippen LogP contribution in [0, 0.1) is 0 Å². The summed E-state index contributed by atoms with van der Waals surface area (Å²) in [6.45, 7) is 5.78. The van der Waals surface area contributed by atoms with Crippen molar-refractivity contribution in [1.82, 2.24) is 10.0 Å². The maximum Gasteiger partial charge on any atom is 0.211 e. The second-order valence-electron chi connectivity index (χ2n) is 4.68. The zero-order valence-electron chi connectivity index (χ0n) is 11.7. The maximum atomic E-state index is 11.9. The molecule has 4 nitrogen and oxygen atoms in total. The van der Waals surface area contributed by atoms with Gasteiger partial charge in [0.15, 0.2) is 0 Å². The Balaban J connectivity index is 2.25. The highest BCUT2D eigenvalue weighted by Crippen LogP contribution is 2.11. The van der Waals surface area contributed by atoms with E-state index in [0.717, 1.165) is 25.9 Å². The first-order valence-electron chi connectivity index (χ1n) is 6.76. The summed E-state index contributed by atoms with van der Waals surface area (Å²) in [6.07, 6.45) is 2.36. The standard InChI is InChI=1S/C13H24N2O2S2/c1-3-14-8-4-5-10-19(16,17)15-12(2)11-13-7-6-9-18-13/h6-7,9,12,14-15H,3-5,8,10-11H2,1-2H3. The fourth-order valence-corrected chi connectivity index (χ4v) is 4.09. The minimum Gasteiger partial charge on any atom is -0.317 e. The van der Waals surface area contributed by atoms with Crippen LogP contribution in [-0.2, 0) is 16.4 Å². The van der Waals surface area contributed by atoms with Gasteiger partial charge in [0, 0.05) is 10.9 Å². The predicted octanol–water partition coefficient (Wildman–Crippen LogP) is 1.99. The van der Waals surface area contributed by atoms with Gasteiger partial charge in [-0.15, -0.1) is 11.3 Å². The lowest BCUT2D eigenvalue weighted by molar-refractivity contribution is 0.555. The average molecular weight is 304 g/mol. The first kappa shape index (κ1) is 16.6. The highest BCUT2D eigenvalue weighted by molar-refractivity contribution is 7.89. The summed E-state index contributed by atoms with van der Waals surface area (Å²) in [4.78, 5) is 1.21. The van der Waals surface area contributed by atoms with Crippen LogP contribution in [0.1, 0.15) is 31.6 Å². The number of hydrogen-bond acceptors (Lipinski definition) is 4. The van der Waals surface area contributed by atoms with Crippen molar-refractivity contribution in [3.05, 3.63) is 22.4 Å². The molecule has 0 radical (unpaired) electrons. The first-order chi connectivity index (χ1) is 9.03. The molecule has 1 aromatic heterocycles. The van der Waals surface area contributed by atoms with Gasteiger partial charge < -0.3 is 5.32 Å². The summed E-state index contributed by atoms with van der Waals surface area (Å²) >= 11 is 1.66. The molecule has 6 heteroatoms. The highest BCUT2D eigenvalue weighted by atomic mass is 32.2. The van der Waals surface area contributed by atoms with Gasteiger partial charge in [0.05, 0.1) is 5.75 Å². The Bertz CT molecular complexity index is 430. The zero-order chi connectivity index (χ0) is 14.1. The molecular weight excluding hydrogens is 280 g/mol. The summed E-state index contributed by atoms with van der Waals surface area (Å²) in [7, 11) is -3.14. The number of nitrogens with one attached hydrogen (secondary N) is 2. The second kappa shape index (κ2) is 8.68. The monoisotopic (exact) mass is 304 g/mol. The number of unbranched alkanes of at least 4 members (excludes halogenated alkanes) is 1. The van der Waals surface area contributed by atoms with Crippen LogP contribution < -0.4 is 10.0 Å². The summed E-state index contributed by atoms with van der Waals surface area (Å²) in [5, 5.41) is 5.20. The summed E-state index contributed by atoms with van der Waals surface area (Å²) in [5.74, 6) is 0.215. The van der Waals surface area contributed by atoms with Gasteiger partial charge in [-0.25, -0.2) is 13.1 Å². The topological polar surface area (TPSA) is 58.2 Å². The zero-order valence-corrected chi connectivity index (χ0v) is 13.3. The van der Waals surface area contributed by atoms with E-state index in [1.54, 1.807) is 11.3 Å². The lowest BCUT2D eigenvalue weighted by Gasteiger charge is -2.13. The fraction of sp³-hybridized carbons (Fsp3) is 0.692. The molecule has 0 aromatic carbocycles. The molecule has 0 fully saturated rings. The lowest BCUT2D eigenvalue weighted by Crippen LogP contribution is -2.35. The lowest BCUT2D eigenvalue weighted by atomic mass is 10.2. The minimum absolute atomic E-state index is 0.0441. The van der Waals surface area contributed by atoms with E-state index in [0.29, 0.717) is 6.42 Å². The molecule has 2 N–H and O–H groups in total. The third-order valence-electron chi connectivity index (χ3n) is 2.73. The highest BCUT2D eigenvalue weighted by Gasteiger charge is 2.14. The van der Waals surface area contributed by atoms with Gasteiger partial charge in [0.25, 0.3) is 0 Å². The van der Waals surface area contributed by atoms with Crippen LogP contribution in [-0.4, -0.2) is 33.3 Å². The Labute approximate surface area is 120 Å². The molecular formula is C13H24N2O2S2. The van der Waals surface area contributed by atoms with Crippen molar-refractivity contribution in [2.24, 2.45) is 0 Å². The third-order valence-corrected chi connectivity index (χ3v) is 5.22. The van der Waals surface area contributed by atoms with Crippen LogP contribution >= 0.6 is 11.3 Å². The molecule has 19 heavy (non-hydrogen) atoms. The minimum atomic E-state index is -3.14. The van der Waals surface area contributed by atoms with Crippen molar-refractivity contribution < 1.29 is 8.42 Å². The van der Waals surface area contributed by atoms with Crippen LogP contribution in [0.3, 0.4) is 0 Å². The van der Waals surface area contributed by atoms with Gasteiger partial charge in [-0.3, -0.25) is 0 Å². The van der Waals surface area contributed by atoms with E-state index >= 15 is 0 Å². The molecule has 0 amide bonds. The fourth-order valence-electron chi connectivity index (χ4n) is 1.86. The predicted molar refractivity (Wildman–Crippen MR) is 82.2 cm³/mol. The van der Waals surface area contributed by atoms with Crippen molar-refractivity contribution >= 4 is 21.4 Å². The van der Waals surface area contributed by atoms with Gasteiger partial charge in [0.1, 0.15) is 0 Å². The van der Waals surface area contributed by atoms with E-state index in [9.17, 15) is 8.42 Å². The van der Waals surface area contributed by atoms with Gasteiger partial charge >= 0.3 is 0 Å². The molecule has 0 saturated carbocycles. The number of thiophene rings is 1. The molecule has 1 unspecified atom stereocenters. The van der Waals surface area contributed by atoms with Gasteiger partial charge in [-0.2, -0.15) is 0 Å². The molecule has 0 bridgehead atoms. The Morgan fingerprint density at radius 2 is 2.16 bits per heavy atom. The molecule has 110 valence electrons. The van der Waals surface area contributed by atoms with E-state index in [4.69, 9.17) is 0 Å². The van der Waals surface area contributed by atoms with E-state index in [2.05, 4.69) is 10.0 Å². The first-order valence-corrected chi connectivity index (χ1v) is 9.30. The average Bonchev–Trinajstić information content (AvgIpc) is 2.80. The molecule has 0 aliphatic rings. The van der Waals surface area contributed by atoms with E-state index in [1.165, 1.54) is 4.88 Å². The Morgan fingerprint density at radius 1 is 1.37 bits per heavy atom. The van der Waals surface area contributed by atoms with Crippen LogP contribution in [0.5, 0.6) is 0 Å². The smallest absolute Gasteiger partial charge is 0.211 e. The molecule has 0 aliphatic carbocycles. The van der Waals surface area contributed by atoms with Crippen LogP contribution in [0.25, 0.3) is 0 Å². The van der Waals surface area contributed by atoms with Crippen LogP contribution in [0.4, 0.5) is 0 Å². The van der Waals surface area contributed by atoms with Crippen molar-refractivity contribution in [1.29, 1.82) is 0 Å². The van der Waals surface area contributed by atoms with E-state index in [-0.39, 0.29) is 11.8 Å². The second-order valence-corrected chi connectivity index (χ2v) is 7.59. The summed E-state index contributed by atoms with van der Waals surface area (Å²) < 4.78 is 26.5. The quantitative estimate of drug-likeness (QED) is 0.650.